The summed E-state index contributed by atoms with van der Waals surface area (Å²) in [7, 11) is -2.51. The Morgan fingerprint density at radius 1 is 1.15 bits per heavy atom. The molecule has 2 rings (SSSR count). The predicted molar refractivity (Wildman–Crippen MR) is 103 cm³/mol. The Labute approximate surface area is 159 Å². The van der Waals surface area contributed by atoms with Gasteiger partial charge in [-0.25, -0.2) is 8.42 Å². The van der Waals surface area contributed by atoms with Crippen LogP contribution in [0.25, 0.3) is 0 Å². The van der Waals surface area contributed by atoms with E-state index >= 15 is 0 Å². The van der Waals surface area contributed by atoms with Crippen molar-refractivity contribution in [2.45, 2.75) is 43.7 Å². The van der Waals surface area contributed by atoms with Crippen molar-refractivity contribution in [1.29, 1.82) is 0 Å². The van der Waals surface area contributed by atoms with Crippen LogP contribution in [0.4, 0.5) is 0 Å². The summed E-state index contributed by atoms with van der Waals surface area (Å²) in [4.78, 5) is 11.3. The maximum atomic E-state index is 12.9. The van der Waals surface area contributed by atoms with Gasteiger partial charge < -0.3 is 4.74 Å². The zero-order valence-electron chi connectivity index (χ0n) is 15.6. The first kappa shape index (κ1) is 20.9. The molecular weight excluding hydrogens is 368 g/mol. The summed E-state index contributed by atoms with van der Waals surface area (Å²) >= 11 is 0. The lowest BCUT2D eigenvalue weighted by molar-refractivity contribution is -0.528. The number of hydrogen-bond acceptors (Lipinski definition) is 5. The summed E-state index contributed by atoms with van der Waals surface area (Å²) in [6.45, 7) is 3.68. The Morgan fingerprint density at radius 2 is 1.78 bits per heavy atom. The van der Waals surface area contributed by atoms with E-state index in [4.69, 9.17) is 4.74 Å². The highest BCUT2D eigenvalue weighted by Crippen LogP contribution is 2.31. The highest BCUT2D eigenvalue weighted by Gasteiger charge is 2.37. The molecule has 0 aromatic heterocycles. The molecule has 0 saturated carbocycles. The molecule has 0 aliphatic heterocycles. The number of nitrogens with zero attached hydrogens (tertiary/aromatic N) is 1. The van der Waals surface area contributed by atoms with E-state index < -0.39 is 27.0 Å². The number of ether oxygens (including phenoxy) is 1. The first-order chi connectivity index (χ1) is 12.8. The third kappa shape index (κ3) is 5.05. The summed E-state index contributed by atoms with van der Waals surface area (Å²) in [5.41, 5.74) is 1.36. The number of rotatable bonds is 9. The van der Waals surface area contributed by atoms with Crippen molar-refractivity contribution in [2.75, 3.05) is 7.11 Å². The summed E-state index contributed by atoms with van der Waals surface area (Å²) < 4.78 is 33.6. The number of sulfonamides is 1. The van der Waals surface area contributed by atoms with Gasteiger partial charge in [-0.1, -0.05) is 42.8 Å². The van der Waals surface area contributed by atoms with Gasteiger partial charge in [-0.15, -0.1) is 0 Å². The molecule has 0 heterocycles. The van der Waals surface area contributed by atoms with E-state index in [1.165, 1.54) is 19.2 Å². The minimum absolute atomic E-state index is 0.0617. The molecule has 2 aromatic carbocycles. The minimum Gasteiger partial charge on any atom is -0.496 e. The molecule has 2 aromatic rings. The molecule has 146 valence electrons. The van der Waals surface area contributed by atoms with Crippen LogP contribution in [0.5, 0.6) is 5.75 Å². The van der Waals surface area contributed by atoms with E-state index in [2.05, 4.69) is 4.72 Å². The summed E-state index contributed by atoms with van der Waals surface area (Å²) in [6.07, 6.45) is 0.774. The van der Waals surface area contributed by atoms with Gasteiger partial charge in [0, 0.05) is 16.9 Å². The van der Waals surface area contributed by atoms with E-state index in [1.54, 1.807) is 36.4 Å². The van der Waals surface area contributed by atoms with Crippen molar-refractivity contribution in [1.82, 2.24) is 4.72 Å². The fraction of sp³-hybridized carbons (Fsp3) is 0.368. The lowest BCUT2D eigenvalue weighted by Crippen LogP contribution is -2.40. The highest BCUT2D eigenvalue weighted by molar-refractivity contribution is 7.89. The Balaban J connectivity index is 2.52. The van der Waals surface area contributed by atoms with Gasteiger partial charge in [0.2, 0.25) is 16.1 Å². The third-order valence-electron chi connectivity index (χ3n) is 4.33. The van der Waals surface area contributed by atoms with Crippen LogP contribution in [0, 0.1) is 17.0 Å². The molecule has 7 nitrogen and oxygen atoms in total. The van der Waals surface area contributed by atoms with Gasteiger partial charge >= 0.3 is 0 Å². The van der Waals surface area contributed by atoms with Crippen molar-refractivity contribution in [3.8, 4) is 5.75 Å². The fourth-order valence-electron chi connectivity index (χ4n) is 2.91. The number of para-hydroxylation sites is 1. The molecule has 0 unspecified atom stereocenters. The van der Waals surface area contributed by atoms with Crippen LogP contribution < -0.4 is 9.46 Å². The average molecular weight is 392 g/mol. The zero-order valence-corrected chi connectivity index (χ0v) is 16.4. The third-order valence-corrected chi connectivity index (χ3v) is 5.78. The number of hydrogen-bond donors (Lipinski definition) is 1. The lowest BCUT2D eigenvalue weighted by Gasteiger charge is -2.24. The molecule has 0 amide bonds. The second kappa shape index (κ2) is 8.96. The quantitative estimate of drug-likeness (QED) is 0.520. The van der Waals surface area contributed by atoms with Crippen molar-refractivity contribution in [2.24, 2.45) is 0 Å². The molecule has 0 radical (unpaired) electrons. The van der Waals surface area contributed by atoms with E-state index in [9.17, 15) is 18.5 Å². The lowest BCUT2D eigenvalue weighted by atomic mass is 9.96. The molecule has 2 atom stereocenters. The SMILES string of the molecule is CCC[C@H]([C@H](NS(=O)(=O)c1ccc(C)cc1)c1ccccc1OC)[N+](=O)[O-]. The largest absolute Gasteiger partial charge is 0.496 e. The summed E-state index contributed by atoms with van der Waals surface area (Å²) in [5, 5.41) is 11.7. The second-order valence-corrected chi connectivity index (χ2v) is 8.01. The predicted octanol–water partition coefficient (Wildman–Crippen LogP) is 3.47. The molecule has 0 fully saturated rings. The monoisotopic (exact) mass is 392 g/mol. The summed E-state index contributed by atoms with van der Waals surface area (Å²) in [5.74, 6) is 0.400. The van der Waals surface area contributed by atoms with Gasteiger partial charge in [0.15, 0.2) is 0 Å². The van der Waals surface area contributed by atoms with Gasteiger partial charge in [-0.2, -0.15) is 4.72 Å². The molecule has 0 aliphatic rings. The first-order valence-electron chi connectivity index (χ1n) is 8.65. The van der Waals surface area contributed by atoms with Crippen molar-refractivity contribution < 1.29 is 18.1 Å². The number of nitro groups is 1. The molecule has 0 aliphatic carbocycles. The van der Waals surface area contributed by atoms with Crippen LogP contribution in [0.3, 0.4) is 0 Å². The Kier molecular flexibility index (Phi) is 6.92. The Hall–Kier alpha value is -2.45. The Bertz CT molecular complexity index is 881. The molecule has 27 heavy (non-hydrogen) atoms. The minimum atomic E-state index is -3.96. The maximum absolute atomic E-state index is 12.9. The molecule has 8 heteroatoms. The van der Waals surface area contributed by atoms with Crippen molar-refractivity contribution >= 4 is 10.0 Å². The van der Waals surface area contributed by atoms with Crippen molar-refractivity contribution in [3.63, 3.8) is 0 Å². The molecule has 0 spiro atoms. The molecule has 1 N–H and O–H groups in total. The van der Waals surface area contributed by atoms with Gasteiger partial charge in [-0.05, 0) is 31.5 Å². The molecular formula is C19H24N2O5S. The number of benzene rings is 2. The van der Waals surface area contributed by atoms with Crippen LogP contribution in [0.2, 0.25) is 0 Å². The zero-order chi connectivity index (χ0) is 20.0. The van der Waals surface area contributed by atoms with Crippen LogP contribution in [0.1, 0.15) is 36.9 Å². The van der Waals surface area contributed by atoms with Crippen LogP contribution in [-0.4, -0.2) is 26.5 Å². The highest BCUT2D eigenvalue weighted by atomic mass is 32.2. The van der Waals surface area contributed by atoms with E-state index in [0.717, 1.165) is 5.56 Å². The van der Waals surface area contributed by atoms with Gasteiger partial charge in [-0.3, -0.25) is 10.1 Å². The second-order valence-electron chi connectivity index (χ2n) is 6.30. The van der Waals surface area contributed by atoms with Gasteiger partial charge in [0.1, 0.15) is 11.8 Å². The first-order valence-corrected chi connectivity index (χ1v) is 10.1. The fourth-order valence-corrected chi connectivity index (χ4v) is 4.16. The maximum Gasteiger partial charge on any atom is 0.241 e. The number of nitrogens with one attached hydrogen (secondary N) is 1. The topological polar surface area (TPSA) is 98.5 Å². The standard InChI is InChI=1S/C19H24N2O5S/c1-4-7-17(21(22)23)19(16-8-5-6-9-18(16)26-3)20-27(24,25)15-12-10-14(2)11-13-15/h5-6,8-13,17,19-20H,4,7H2,1-3H3/t17-,19-/m1/s1. The van der Waals surface area contributed by atoms with Crippen LogP contribution in [0.15, 0.2) is 53.4 Å². The molecule has 0 saturated heterocycles. The molecule has 0 bridgehead atoms. The number of methoxy groups -OCH3 is 1. The summed E-state index contributed by atoms with van der Waals surface area (Å²) in [6, 6.07) is 10.9. The van der Waals surface area contributed by atoms with Gasteiger partial charge in [0.05, 0.1) is 12.0 Å². The van der Waals surface area contributed by atoms with Crippen LogP contribution in [-0.2, 0) is 10.0 Å². The Morgan fingerprint density at radius 3 is 2.33 bits per heavy atom. The average Bonchev–Trinajstić information content (AvgIpc) is 2.64. The normalized spacial score (nSPS) is 13.7. The van der Waals surface area contributed by atoms with E-state index in [-0.39, 0.29) is 11.3 Å². The van der Waals surface area contributed by atoms with Crippen molar-refractivity contribution in [3.05, 3.63) is 69.8 Å². The smallest absolute Gasteiger partial charge is 0.241 e. The van der Waals surface area contributed by atoms with Gasteiger partial charge in [0.25, 0.3) is 0 Å². The van der Waals surface area contributed by atoms with E-state index in [1.807, 2.05) is 13.8 Å². The van der Waals surface area contributed by atoms with E-state index in [0.29, 0.717) is 17.7 Å². The number of aryl methyl sites for hydroxylation is 1. The van der Waals surface area contributed by atoms with Crippen LogP contribution >= 0.6 is 0 Å².